The Balaban J connectivity index is 1.64. The van der Waals surface area contributed by atoms with Crippen LogP contribution in [0, 0.1) is 11.7 Å². The van der Waals surface area contributed by atoms with Gasteiger partial charge in [-0.2, -0.15) is 4.52 Å². The number of carbonyl (C=O) groups is 1. The molecule has 0 unspecified atom stereocenters. The minimum absolute atomic E-state index is 0.0644. The number of carbonyl (C=O) groups excluding carboxylic acids is 1. The second-order valence-corrected chi connectivity index (χ2v) is 7.53. The van der Waals surface area contributed by atoms with E-state index in [1.165, 1.54) is 20.5 Å². The molecule has 126 valence electrons. The van der Waals surface area contributed by atoms with Gasteiger partial charge >= 0.3 is 0 Å². The maximum atomic E-state index is 12.4. The molecule has 0 saturated carbocycles. The van der Waals surface area contributed by atoms with Crippen LogP contribution in [0.4, 0.5) is 0 Å². The highest BCUT2D eigenvalue weighted by Crippen LogP contribution is 2.25. The fraction of sp³-hybridized carbons (Fsp3) is 0.133. The number of aryl methyl sites for hydroxylation is 1. The Kier molecular flexibility index (Phi) is 4.10. The molecule has 4 aromatic rings. The third-order valence-corrected chi connectivity index (χ3v) is 5.31. The van der Waals surface area contributed by atoms with Crippen molar-refractivity contribution >= 4 is 50.2 Å². The zero-order valence-corrected chi connectivity index (χ0v) is 16.1. The van der Waals surface area contributed by atoms with Crippen LogP contribution in [0.3, 0.4) is 0 Å². The van der Waals surface area contributed by atoms with E-state index in [-0.39, 0.29) is 12.3 Å². The number of fused-ring (bicyclic) bond motifs is 1. The van der Waals surface area contributed by atoms with Gasteiger partial charge in [-0.1, -0.05) is 44.6 Å². The lowest BCUT2D eigenvalue weighted by atomic mass is 10.1. The van der Waals surface area contributed by atoms with Crippen molar-refractivity contribution in [1.82, 2.24) is 24.6 Å². The molecule has 0 aliphatic heterocycles. The van der Waals surface area contributed by atoms with Crippen LogP contribution in [0.15, 0.2) is 39.3 Å². The standard InChI is InChI=1S/C15H10BrN5O2S2/c1-8-6-11(19-23-8)13-17-21-14(25-13)18-20(15(21)24)7-12(22)9-2-4-10(16)5-3-9/h2-6H,7H2,1H3. The first kappa shape index (κ1) is 16.3. The number of ketones is 1. The van der Waals surface area contributed by atoms with Gasteiger partial charge in [0.05, 0.1) is 0 Å². The van der Waals surface area contributed by atoms with E-state index >= 15 is 0 Å². The van der Waals surface area contributed by atoms with E-state index in [0.29, 0.717) is 31.8 Å². The predicted molar refractivity (Wildman–Crippen MR) is 98.4 cm³/mol. The van der Waals surface area contributed by atoms with E-state index in [0.717, 1.165) is 4.47 Å². The molecule has 7 nitrogen and oxygen atoms in total. The van der Waals surface area contributed by atoms with E-state index in [2.05, 4.69) is 31.3 Å². The first-order chi connectivity index (χ1) is 12.0. The zero-order chi connectivity index (χ0) is 17.6. The molecule has 0 spiro atoms. The second-order valence-electron chi connectivity index (χ2n) is 5.29. The quantitative estimate of drug-likeness (QED) is 0.356. The summed E-state index contributed by atoms with van der Waals surface area (Å²) in [7, 11) is 0. The predicted octanol–water partition coefficient (Wildman–Crippen LogP) is 3.93. The van der Waals surface area contributed by atoms with E-state index in [1.807, 2.05) is 19.1 Å². The summed E-state index contributed by atoms with van der Waals surface area (Å²) < 4.78 is 9.37. The molecule has 10 heteroatoms. The van der Waals surface area contributed by atoms with Gasteiger partial charge in [0.15, 0.2) is 10.8 Å². The molecule has 3 heterocycles. The maximum absolute atomic E-state index is 12.4. The van der Waals surface area contributed by atoms with E-state index in [4.69, 9.17) is 16.7 Å². The Hall–Kier alpha value is -2.17. The first-order valence-corrected chi connectivity index (χ1v) is 9.22. The van der Waals surface area contributed by atoms with Crippen LogP contribution in [-0.4, -0.2) is 30.3 Å². The summed E-state index contributed by atoms with van der Waals surface area (Å²) in [5.41, 5.74) is 1.24. The topological polar surface area (TPSA) is 78.2 Å². The Morgan fingerprint density at radius 3 is 2.72 bits per heavy atom. The highest BCUT2D eigenvalue weighted by molar-refractivity contribution is 9.10. The van der Waals surface area contributed by atoms with Crippen LogP contribution < -0.4 is 0 Å². The molecule has 0 atom stereocenters. The van der Waals surface area contributed by atoms with Crippen molar-refractivity contribution in [3.05, 3.63) is 50.9 Å². The monoisotopic (exact) mass is 435 g/mol. The van der Waals surface area contributed by atoms with Crippen LogP contribution >= 0.6 is 39.5 Å². The molecule has 0 fully saturated rings. The molecule has 0 aliphatic carbocycles. The first-order valence-electron chi connectivity index (χ1n) is 7.20. The number of halogens is 1. The van der Waals surface area contributed by atoms with E-state index in [9.17, 15) is 4.79 Å². The largest absolute Gasteiger partial charge is 0.361 e. The number of aromatic nitrogens is 5. The third kappa shape index (κ3) is 3.08. The van der Waals surface area contributed by atoms with Gasteiger partial charge < -0.3 is 4.52 Å². The van der Waals surface area contributed by atoms with E-state index in [1.54, 1.807) is 18.2 Å². The van der Waals surface area contributed by atoms with Crippen LogP contribution in [0.5, 0.6) is 0 Å². The lowest BCUT2D eigenvalue weighted by Crippen LogP contribution is -2.12. The normalized spacial score (nSPS) is 11.3. The van der Waals surface area contributed by atoms with Gasteiger partial charge in [0.1, 0.15) is 18.0 Å². The minimum atomic E-state index is -0.0679. The lowest BCUT2D eigenvalue weighted by molar-refractivity contribution is 0.0967. The molecule has 0 aliphatic rings. The summed E-state index contributed by atoms with van der Waals surface area (Å²) in [6, 6.07) is 8.97. The van der Waals surface area contributed by atoms with Gasteiger partial charge in [0.2, 0.25) is 9.73 Å². The summed E-state index contributed by atoms with van der Waals surface area (Å²) in [5.74, 6) is 0.637. The van der Waals surface area contributed by atoms with Gasteiger partial charge in [0.25, 0.3) is 0 Å². The van der Waals surface area contributed by atoms with Gasteiger partial charge in [-0.15, -0.1) is 10.2 Å². The molecule has 0 N–H and O–H groups in total. The lowest BCUT2D eigenvalue weighted by Gasteiger charge is -2.01. The molecule has 25 heavy (non-hydrogen) atoms. The molecule has 0 radical (unpaired) electrons. The van der Waals surface area contributed by atoms with Crippen molar-refractivity contribution in [2.24, 2.45) is 0 Å². The Bertz CT molecular complexity index is 1140. The highest BCUT2D eigenvalue weighted by Gasteiger charge is 2.16. The van der Waals surface area contributed by atoms with Crippen LogP contribution in [0.25, 0.3) is 15.7 Å². The number of benzene rings is 1. The minimum Gasteiger partial charge on any atom is -0.361 e. The molecule has 3 aromatic heterocycles. The summed E-state index contributed by atoms with van der Waals surface area (Å²) >= 11 is 10.1. The number of Topliss-reactive ketones (excluding diaryl/α,β-unsaturated/α-hetero) is 1. The second kappa shape index (κ2) is 6.28. The number of hydrogen-bond acceptors (Lipinski definition) is 7. The fourth-order valence-electron chi connectivity index (χ4n) is 2.26. The molecule has 1 aromatic carbocycles. The van der Waals surface area contributed by atoms with Crippen molar-refractivity contribution in [3.63, 3.8) is 0 Å². The summed E-state index contributed by atoms with van der Waals surface area (Å²) in [6.45, 7) is 1.88. The van der Waals surface area contributed by atoms with Gasteiger partial charge in [0, 0.05) is 16.1 Å². The molecule has 4 rings (SSSR count). The summed E-state index contributed by atoms with van der Waals surface area (Å²) in [5, 5.41) is 13.4. The van der Waals surface area contributed by atoms with Gasteiger partial charge in [-0.3, -0.25) is 4.79 Å². The van der Waals surface area contributed by atoms with Crippen LogP contribution in [0.1, 0.15) is 16.1 Å². The van der Waals surface area contributed by atoms with Crippen molar-refractivity contribution < 1.29 is 9.32 Å². The maximum Gasteiger partial charge on any atom is 0.233 e. The highest BCUT2D eigenvalue weighted by atomic mass is 79.9. The Morgan fingerprint density at radius 1 is 1.32 bits per heavy atom. The molecule has 0 saturated heterocycles. The third-order valence-electron chi connectivity index (χ3n) is 3.47. The zero-order valence-electron chi connectivity index (χ0n) is 12.8. The summed E-state index contributed by atoms with van der Waals surface area (Å²) in [4.78, 5) is 13.0. The number of nitrogens with zero attached hydrogens (tertiary/aromatic N) is 5. The fourth-order valence-corrected chi connectivity index (χ4v) is 3.67. The van der Waals surface area contributed by atoms with Crippen molar-refractivity contribution in [3.8, 4) is 10.7 Å². The van der Waals surface area contributed by atoms with Crippen molar-refractivity contribution in [1.29, 1.82) is 0 Å². The van der Waals surface area contributed by atoms with Crippen LogP contribution in [0.2, 0.25) is 0 Å². The van der Waals surface area contributed by atoms with Crippen LogP contribution in [-0.2, 0) is 6.54 Å². The molecule has 0 amide bonds. The molecule has 0 bridgehead atoms. The average molecular weight is 436 g/mol. The van der Waals surface area contributed by atoms with Gasteiger partial charge in [-0.05, 0) is 31.3 Å². The average Bonchev–Trinajstić information content (AvgIpc) is 3.26. The Morgan fingerprint density at radius 2 is 2.08 bits per heavy atom. The number of rotatable bonds is 4. The van der Waals surface area contributed by atoms with Gasteiger partial charge in [-0.25, -0.2) is 4.68 Å². The molecular weight excluding hydrogens is 426 g/mol. The smallest absolute Gasteiger partial charge is 0.233 e. The SMILES string of the molecule is Cc1cc(-c2nn3c(=S)n(CC(=O)c4ccc(Br)cc4)nc3s2)no1. The van der Waals surface area contributed by atoms with Crippen molar-refractivity contribution in [2.75, 3.05) is 0 Å². The molecular formula is C15H10BrN5O2S2. The number of hydrogen-bond donors (Lipinski definition) is 0. The van der Waals surface area contributed by atoms with Crippen molar-refractivity contribution in [2.45, 2.75) is 13.5 Å². The van der Waals surface area contributed by atoms with E-state index < -0.39 is 0 Å². The summed E-state index contributed by atoms with van der Waals surface area (Å²) in [6.07, 6.45) is 0. The Labute approximate surface area is 159 Å².